The standard InChI is InChI=1S/C74H132O6/c1-4-7-10-13-16-19-22-25-28-30-31-32-33-34-35-36-37-38-39-40-41-42-43-44-47-49-52-55-58-61-64-67-73(76)79-70-71(69-78-72(75)66-63-60-57-54-51-48-45-27-24-21-18-15-12-9-6-3)80-74(77)68-65-62-59-56-53-50-46-29-26-23-20-17-14-11-8-5-2/h18,20-23,25,27,29-31,45-46,71H,4-17,19,24,26,28,32-44,47-70H2,1-3H3/b21-18-,23-20-,25-22-,31-30-,45-27-,46-29-. The molecule has 6 nitrogen and oxygen atoms in total. The first-order valence-corrected chi connectivity index (χ1v) is 34.9. The zero-order chi connectivity index (χ0) is 57.8. The van der Waals surface area contributed by atoms with Crippen LogP contribution >= 0.6 is 0 Å². The number of hydrogen-bond donors (Lipinski definition) is 0. The van der Waals surface area contributed by atoms with Crippen LogP contribution < -0.4 is 0 Å². The van der Waals surface area contributed by atoms with Crippen molar-refractivity contribution in [2.45, 2.75) is 367 Å². The van der Waals surface area contributed by atoms with E-state index in [1.807, 2.05) is 0 Å². The summed E-state index contributed by atoms with van der Waals surface area (Å²) in [5.41, 5.74) is 0. The number of unbranched alkanes of at least 4 members (excludes halogenated alkanes) is 41. The van der Waals surface area contributed by atoms with Crippen molar-refractivity contribution in [1.29, 1.82) is 0 Å². The summed E-state index contributed by atoms with van der Waals surface area (Å²) < 4.78 is 16.9. The van der Waals surface area contributed by atoms with Crippen molar-refractivity contribution in [2.75, 3.05) is 13.2 Å². The van der Waals surface area contributed by atoms with Gasteiger partial charge in [-0.3, -0.25) is 14.4 Å². The van der Waals surface area contributed by atoms with Crippen LogP contribution in [-0.4, -0.2) is 37.2 Å². The molecule has 1 atom stereocenters. The maximum absolute atomic E-state index is 12.9. The summed E-state index contributed by atoms with van der Waals surface area (Å²) in [6.45, 7) is 6.61. The molecule has 0 bridgehead atoms. The lowest BCUT2D eigenvalue weighted by atomic mass is 10.0. The first kappa shape index (κ1) is 76.9. The van der Waals surface area contributed by atoms with E-state index in [0.29, 0.717) is 19.3 Å². The molecule has 0 amide bonds. The van der Waals surface area contributed by atoms with Gasteiger partial charge in [-0.05, 0) is 116 Å². The number of allylic oxidation sites excluding steroid dienone is 12. The SMILES string of the molecule is CCCCC/C=C\C/C=C\CCCCCCCC(=O)OCC(COC(=O)CCCCCCCCCCCCCCCCCCCCC/C=C\C/C=C\CCCCCCC)OC(=O)CCCCCCC/C=C\C/C=C\CCCCCC. The van der Waals surface area contributed by atoms with Crippen molar-refractivity contribution in [3.05, 3.63) is 72.9 Å². The molecule has 0 spiro atoms. The fourth-order valence-electron chi connectivity index (χ4n) is 10.1. The highest BCUT2D eigenvalue weighted by molar-refractivity contribution is 5.71. The van der Waals surface area contributed by atoms with Crippen LogP contribution in [0.25, 0.3) is 0 Å². The molecule has 0 aromatic rings. The van der Waals surface area contributed by atoms with Crippen molar-refractivity contribution < 1.29 is 28.6 Å². The van der Waals surface area contributed by atoms with Crippen LogP contribution in [0.1, 0.15) is 361 Å². The maximum atomic E-state index is 12.9. The Bertz CT molecular complexity index is 1470. The average Bonchev–Trinajstić information content (AvgIpc) is 3.46. The van der Waals surface area contributed by atoms with Crippen LogP contribution in [0.2, 0.25) is 0 Å². The Morgan fingerprint density at radius 3 is 0.725 bits per heavy atom. The van der Waals surface area contributed by atoms with Gasteiger partial charge in [-0.1, -0.05) is 299 Å². The number of rotatable bonds is 64. The van der Waals surface area contributed by atoms with Gasteiger partial charge < -0.3 is 14.2 Å². The van der Waals surface area contributed by atoms with Gasteiger partial charge in [0.25, 0.3) is 0 Å². The largest absolute Gasteiger partial charge is 0.462 e. The van der Waals surface area contributed by atoms with Gasteiger partial charge in [0.2, 0.25) is 0 Å². The van der Waals surface area contributed by atoms with Gasteiger partial charge in [0.15, 0.2) is 6.10 Å². The van der Waals surface area contributed by atoms with Crippen molar-refractivity contribution in [3.8, 4) is 0 Å². The van der Waals surface area contributed by atoms with E-state index in [1.54, 1.807) is 0 Å². The molecule has 0 aromatic heterocycles. The zero-order valence-corrected chi connectivity index (χ0v) is 53.3. The second kappa shape index (κ2) is 68.3. The smallest absolute Gasteiger partial charge is 0.306 e. The molecule has 0 heterocycles. The number of carbonyl (C=O) groups excluding carboxylic acids is 3. The average molecular weight is 1120 g/mol. The lowest BCUT2D eigenvalue weighted by molar-refractivity contribution is -0.167. The molecule has 0 saturated carbocycles. The Morgan fingerprint density at radius 2 is 0.450 bits per heavy atom. The summed E-state index contributed by atoms with van der Waals surface area (Å²) >= 11 is 0. The maximum Gasteiger partial charge on any atom is 0.306 e. The second-order valence-corrected chi connectivity index (χ2v) is 23.4. The molecular weight excluding hydrogens is 985 g/mol. The summed E-state index contributed by atoms with van der Waals surface area (Å²) in [6, 6.07) is 0. The van der Waals surface area contributed by atoms with Crippen LogP contribution in [-0.2, 0) is 28.6 Å². The monoisotopic (exact) mass is 1120 g/mol. The molecule has 0 radical (unpaired) electrons. The fourth-order valence-corrected chi connectivity index (χ4v) is 10.1. The van der Waals surface area contributed by atoms with Gasteiger partial charge in [0.05, 0.1) is 0 Å². The normalized spacial score (nSPS) is 12.5. The molecule has 0 N–H and O–H groups in total. The van der Waals surface area contributed by atoms with E-state index in [-0.39, 0.29) is 31.1 Å². The van der Waals surface area contributed by atoms with Crippen LogP contribution in [0.5, 0.6) is 0 Å². The second-order valence-electron chi connectivity index (χ2n) is 23.4. The molecule has 464 valence electrons. The Hall–Kier alpha value is -3.15. The lowest BCUT2D eigenvalue weighted by Crippen LogP contribution is -2.30. The van der Waals surface area contributed by atoms with E-state index < -0.39 is 6.10 Å². The third kappa shape index (κ3) is 65.7. The molecule has 0 rings (SSSR count). The number of esters is 3. The van der Waals surface area contributed by atoms with E-state index in [0.717, 1.165) is 109 Å². The predicted octanol–water partition coefficient (Wildman–Crippen LogP) is 24.1. The third-order valence-corrected chi connectivity index (χ3v) is 15.4. The first-order valence-electron chi connectivity index (χ1n) is 34.9. The van der Waals surface area contributed by atoms with E-state index in [4.69, 9.17) is 14.2 Å². The summed E-state index contributed by atoms with van der Waals surface area (Å²) in [4.78, 5) is 38.4. The van der Waals surface area contributed by atoms with Crippen LogP contribution in [0.4, 0.5) is 0 Å². The number of hydrogen-bond acceptors (Lipinski definition) is 6. The Morgan fingerprint density at radius 1 is 0.250 bits per heavy atom. The van der Waals surface area contributed by atoms with E-state index in [1.165, 1.54) is 212 Å². The van der Waals surface area contributed by atoms with E-state index in [9.17, 15) is 14.4 Å². The van der Waals surface area contributed by atoms with Gasteiger partial charge in [-0.2, -0.15) is 0 Å². The predicted molar refractivity (Wildman–Crippen MR) is 348 cm³/mol. The molecule has 0 aliphatic heterocycles. The summed E-state index contributed by atoms with van der Waals surface area (Å²) in [6.07, 6.45) is 89.3. The van der Waals surface area contributed by atoms with Crippen molar-refractivity contribution >= 4 is 17.9 Å². The molecule has 0 fully saturated rings. The lowest BCUT2D eigenvalue weighted by Gasteiger charge is -2.18. The third-order valence-electron chi connectivity index (χ3n) is 15.4. The van der Waals surface area contributed by atoms with Crippen molar-refractivity contribution in [1.82, 2.24) is 0 Å². The summed E-state index contributed by atoms with van der Waals surface area (Å²) in [5.74, 6) is -0.893. The first-order chi connectivity index (χ1) is 39.5. The van der Waals surface area contributed by atoms with Crippen LogP contribution in [0.3, 0.4) is 0 Å². The highest BCUT2D eigenvalue weighted by Crippen LogP contribution is 2.17. The molecule has 0 aromatic carbocycles. The summed E-state index contributed by atoms with van der Waals surface area (Å²) in [7, 11) is 0. The quantitative estimate of drug-likeness (QED) is 0.0261. The molecule has 0 saturated heterocycles. The summed E-state index contributed by atoms with van der Waals surface area (Å²) in [5, 5.41) is 0. The van der Waals surface area contributed by atoms with Gasteiger partial charge in [0.1, 0.15) is 13.2 Å². The molecule has 80 heavy (non-hydrogen) atoms. The minimum absolute atomic E-state index is 0.0827. The highest BCUT2D eigenvalue weighted by atomic mass is 16.6. The molecule has 6 heteroatoms. The van der Waals surface area contributed by atoms with Gasteiger partial charge in [0, 0.05) is 19.3 Å². The van der Waals surface area contributed by atoms with Crippen molar-refractivity contribution in [3.63, 3.8) is 0 Å². The Balaban J connectivity index is 4.21. The minimum atomic E-state index is -0.789. The topological polar surface area (TPSA) is 78.9 Å². The van der Waals surface area contributed by atoms with Crippen LogP contribution in [0.15, 0.2) is 72.9 Å². The van der Waals surface area contributed by atoms with Gasteiger partial charge in [-0.15, -0.1) is 0 Å². The fraction of sp³-hybridized carbons (Fsp3) is 0.797. The molecule has 0 aliphatic rings. The Kier molecular flexibility index (Phi) is 65.7. The highest BCUT2D eigenvalue weighted by Gasteiger charge is 2.19. The van der Waals surface area contributed by atoms with Crippen LogP contribution in [0, 0.1) is 0 Å². The number of ether oxygens (including phenoxy) is 3. The minimum Gasteiger partial charge on any atom is -0.462 e. The van der Waals surface area contributed by atoms with E-state index >= 15 is 0 Å². The molecule has 1 unspecified atom stereocenters. The van der Waals surface area contributed by atoms with Crippen molar-refractivity contribution in [2.24, 2.45) is 0 Å². The molecular formula is C74H132O6. The van der Waals surface area contributed by atoms with Gasteiger partial charge in [-0.25, -0.2) is 0 Å². The van der Waals surface area contributed by atoms with E-state index in [2.05, 4.69) is 93.7 Å². The number of carbonyl (C=O) groups is 3. The Labute approximate surface area is 497 Å². The molecule has 0 aliphatic carbocycles. The zero-order valence-electron chi connectivity index (χ0n) is 53.3. The van der Waals surface area contributed by atoms with Gasteiger partial charge >= 0.3 is 17.9 Å².